The number of ether oxygens (including phenoxy) is 1. The minimum absolute atomic E-state index is 0.272. The molecular weight excluding hydrogens is 232 g/mol. The Labute approximate surface area is 75.7 Å². The summed E-state index contributed by atoms with van der Waals surface area (Å²) in [5, 5.41) is 9.14. The molecule has 0 saturated heterocycles. The Morgan fingerprint density at radius 1 is 1.82 bits per heavy atom. The summed E-state index contributed by atoms with van der Waals surface area (Å²) in [7, 11) is 1.50. The molecule has 0 amide bonds. The molecule has 0 radical (unpaired) electrons. The third-order valence-corrected chi connectivity index (χ3v) is 2.99. The van der Waals surface area contributed by atoms with Crippen LogP contribution >= 0.6 is 27.3 Å². The fraction of sp³-hybridized carbons (Fsp3) is 0.167. The molecule has 0 aliphatic rings. The number of rotatable bonds is 2. The van der Waals surface area contributed by atoms with Crippen molar-refractivity contribution < 1.29 is 14.6 Å². The molecule has 0 unspecified atom stereocenters. The van der Waals surface area contributed by atoms with E-state index in [1.165, 1.54) is 13.2 Å². The van der Waals surface area contributed by atoms with Crippen molar-refractivity contribution in [2.45, 2.75) is 0 Å². The number of thiophene rings is 1. The van der Waals surface area contributed by atoms with Gasteiger partial charge in [0.15, 0.2) is 5.06 Å². The number of methoxy groups -OCH3 is 1. The van der Waals surface area contributed by atoms with Crippen molar-refractivity contribution in [2.75, 3.05) is 7.11 Å². The summed E-state index contributed by atoms with van der Waals surface area (Å²) in [6, 6.07) is 1.52. The zero-order valence-electron chi connectivity index (χ0n) is 5.63. The molecule has 0 aliphatic carbocycles. The summed E-state index contributed by atoms with van der Waals surface area (Å²) in [5.41, 5.74) is 0. The third kappa shape index (κ3) is 1.72. The minimum atomic E-state index is -0.931. The van der Waals surface area contributed by atoms with Gasteiger partial charge in [0.1, 0.15) is 4.88 Å². The lowest BCUT2D eigenvalue weighted by Crippen LogP contribution is -1.89. The molecule has 60 valence electrons. The monoisotopic (exact) mass is 236 g/mol. The Bertz CT molecular complexity index is 281. The van der Waals surface area contributed by atoms with Crippen LogP contribution in [0.5, 0.6) is 5.06 Å². The van der Waals surface area contributed by atoms with E-state index < -0.39 is 5.97 Å². The molecule has 0 spiro atoms. The normalized spacial score (nSPS) is 9.64. The van der Waals surface area contributed by atoms with Gasteiger partial charge >= 0.3 is 5.97 Å². The van der Waals surface area contributed by atoms with E-state index in [-0.39, 0.29) is 4.88 Å². The number of aromatic carboxylic acids is 1. The molecule has 1 aromatic heterocycles. The highest BCUT2D eigenvalue weighted by Gasteiger charge is 2.11. The van der Waals surface area contributed by atoms with Crippen LogP contribution in [0.4, 0.5) is 0 Å². The second kappa shape index (κ2) is 3.23. The predicted octanol–water partition coefficient (Wildman–Crippen LogP) is 2.22. The van der Waals surface area contributed by atoms with Crippen LogP contribution < -0.4 is 4.74 Å². The Morgan fingerprint density at radius 2 is 2.45 bits per heavy atom. The minimum Gasteiger partial charge on any atom is -0.486 e. The van der Waals surface area contributed by atoms with Crippen molar-refractivity contribution in [3.05, 3.63) is 15.4 Å². The van der Waals surface area contributed by atoms with E-state index in [4.69, 9.17) is 9.84 Å². The molecule has 0 aliphatic heterocycles. The van der Waals surface area contributed by atoms with E-state index in [0.717, 1.165) is 11.3 Å². The average Bonchev–Trinajstić information content (AvgIpc) is 2.31. The average molecular weight is 237 g/mol. The highest BCUT2D eigenvalue weighted by Crippen LogP contribution is 2.34. The molecule has 1 heterocycles. The highest BCUT2D eigenvalue weighted by atomic mass is 79.9. The van der Waals surface area contributed by atoms with Crippen LogP contribution in [0, 0.1) is 0 Å². The van der Waals surface area contributed by atoms with Crippen LogP contribution in [0.25, 0.3) is 0 Å². The number of halogens is 1. The molecule has 0 aromatic carbocycles. The largest absolute Gasteiger partial charge is 0.486 e. The Balaban J connectivity index is 3.05. The van der Waals surface area contributed by atoms with Gasteiger partial charge in [-0.2, -0.15) is 0 Å². The van der Waals surface area contributed by atoms with Gasteiger partial charge in [-0.05, 0) is 22.0 Å². The summed E-state index contributed by atoms with van der Waals surface area (Å²) >= 11 is 4.27. The number of hydrogen-bond acceptors (Lipinski definition) is 3. The molecule has 0 fully saturated rings. The van der Waals surface area contributed by atoms with Crippen molar-refractivity contribution in [2.24, 2.45) is 0 Å². The van der Waals surface area contributed by atoms with Crippen LogP contribution in [0.1, 0.15) is 9.67 Å². The van der Waals surface area contributed by atoms with Crippen LogP contribution in [0.2, 0.25) is 0 Å². The van der Waals surface area contributed by atoms with Crippen LogP contribution in [-0.2, 0) is 0 Å². The molecule has 1 aromatic rings. The van der Waals surface area contributed by atoms with Crippen molar-refractivity contribution >= 4 is 33.2 Å². The number of carbonyl (C=O) groups is 1. The second-order valence-electron chi connectivity index (χ2n) is 1.76. The summed E-state index contributed by atoms with van der Waals surface area (Å²) in [5.74, 6) is -0.931. The fourth-order valence-electron chi connectivity index (χ4n) is 0.597. The molecule has 0 bridgehead atoms. The number of carboxylic acid groups (broad SMARTS) is 1. The summed E-state index contributed by atoms with van der Waals surface area (Å²) < 4.78 is 5.57. The Hall–Kier alpha value is -0.550. The van der Waals surface area contributed by atoms with Gasteiger partial charge in [-0.25, -0.2) is 4.79 Å². The van der Waals surface area contributed by atoms with Crippen molar-refractivity contribution in [1.82, 2.24) is 0 Å². The number of hydrogen-bond donors (Lipinski definition) is 1. The maximum absolute atomic E-state index is 10.4. The Kier molecular flexibility index (Phi) is 2.51. The topological polar surface area (TPSA) is 46.5 Å². The molecule has 0 atom stereocenters. The lowest BCUT2D eigenvalue weighted by molar-refractivity contribution is 0.0702. The molecule has 1 N–H and O–H groups in total. The molecule has 11 heavy (non-hydrogen) atoms. The standard InChI is InChI=1S/C6H5BrO3S/c1-10-6-3(7)2-4(11-6)5(8)9/h2H,1H3,(H,8,9). The van der Waals surface area contributed by atoms with E-state index in [9.17, 15) is 4.79 Å². The first-order valence-electron chi connectivity index (χ1n) is 2.71. The van der Waals surface area contributed by atoms with Gasteiger partial charge in [0, 0.05) is 0 Å². The fourth-order valence-corrected chi connectivity index (χ4v) is 2.09. The van der Waals surface area contributed by atoms with Gasteiger partial charge < -0.3 is 9.84 Å². The quantitative estimate of drug-likeness (QED) is 0.857. The van der Waals surface area contributed by atoms with Crippen molar-refractivity contribution in [3.63, 3.8) is 0 Å². The van der Waals surface area contributed by atoms with Gasteiger partial charge in [-0.1, -0.05) is 11.3 Å². The smallest absolute Gasteiger partial charge is 0.346 e. The maximum Gasteiger partial charge on any atom is 0.346 e. The van der Waals surface area contributed by atoms with Crippen molar-refractivity contribution in [3.8, 4) is 5.06 Å². The summed E-state index contributed by atoms with van der Waals surface area (Å²) in [6.45, 7) is 0. The lowest BCUT2D eigenvalue weighted by atomic mass is 10.5. The highest BCUT2D eigenvalue weighted by molar-refractivity contribution is 9.10. The zero-order chi connectivity index (χ0) is 8.43. The summed E-state index contributed by atoms with van der Waals surface area (Å²) in [6.07, 6.45) is 0. The first kappa shape index (κ1) is 8.55. The van der Waals surface area contributed by atoms with E-state index >= 15 is 0 Å². The van der Waals surface area contributed by atoms with Crippen molar-refractivity contribution in [1.29, 1.82) is 0 Å². The van der Waals surface area contributed by atoms with Gasteiger partial charge in [0.2, 0.25) is 0 Å². The van der Waals surface area contributed by atoms with Gasteiger partial charge in [0.05, 0.1) is 11.6 Å². The second-order valence-corrected chi connectivity index (χ2v) is 3.62. The van der Waals surface area contributed by atoms with Gasteiger partial charge in [0.25, 0.3) is 0 Å². The van der Waals surface area contributed by atoms with E-state index in [1.807, 2.05) is 0 Å². The van der Waals surface area contributed by atoms with Gasteiger partial charge in [-0.3, -0.25) is 0 Å². The van der Waals surface area contributed by atoms with E-state index in [1.54, 1.807) is 0 Å². The maximum atomic E-state index is 10.4. The molecule has 3 nitrogen and oxygen atoms in total. The van der Waals surface area contributed by atoms with Crippen LogP contribution in [0.15, 0.2) is 10.5 Å². The predicted molar refractivity (Wildman–Crippen MR) is 45.5 cm³/mol. The molecular formula is C6H5BrO3S. The van der Waals surface area contributed by atoms with Crippen LogP contribution in [-0.4, -0.2) is 18.2 Å². The first-order valence-corrected chi connectivity index (χ1v) is 4.32. The van der Waals surface area contributed by atoms with Gasteiger partial charge in [-0.15, -0.1) is 0 Å². The molecule has 1 rings (SSSR count). The summed E-state index contributed by atoms with van der Waals surface area (Å²) in [4.78, 5) is 10.7. The molecule has 5 heteroatoms. The molecule has 0 saturated carbocycles. The third-order valence-electron chi connectivity index (χ3n) is 1.05. The van der Waals surface area contributed by atoms with E-state index in [2.05, 4.69) is 15.9 Å². The number of carboxylic acids is 1. The zero-order valence-corrected chi connectivity index (χ0v) is 8.03. The SMILES string of the molecule is COc1sc(C(=O)O)cc1Br. The lowest BCUT2D eigenvalue weighted by Gasteiger charge is -1.91. The van der Waals surface area contributed by atoms with Crippen LogP contribution in [0.3, 0.4) is 0 Å². The Morgan fingerprint density at radius 3 is 2.73 bits per heavy atom. The van der Waals surface area contributed by atoms with E-state index in [0.29, 0.717) is 9.54 Å². The first-order chi connectivity index (χ1) is 5.15.